The molecular formula is C27H30ClN4O3S+. The number of phenolic OH excluding ortho intramolecular Hbond substituents is 1. The zero-order valence-electron chi connectivity index (χ0n) is 20.0. The first kappa shape index (κ1) is 24.6. The Bertz CT molecular complexity index is 1250. The lowest BCUT2D eigenvalue weighted by Gasteiger charge is -2.33. The third-order valence-electron chi connectivity index (χ3n) is 6.86. The molecule has 0 bridgehead atoms. The number of benzene rings is 2. The van der Waals surface area contributed by atoms with Crippen LogP contribution in [0.15, 0.2) is 48.5 Å². The topological polar surface area (TPSA) is 86.1 Å². The number of rotatable bonds is 6. The van der Waals surface area contributed by atoms with Crippen molar-refractivity contribution in [1.29, 1.82) is 0 Å². The first-order valence-electron chi connectivity index (χ1n) is 12.4. The van der Waals surface area contributed by atoms with Crippen LogP contribution in [0.4, 0.5) is 16.4 Å². The van der Waals surface area contributed by atoms with Gasteiger partial charge in [0.25, 0.3) is 11.8 Å². The smallest absolute Gasteiger partial charge is 0.280 e. The van der Waals surface area contributed by atoms with Crippen molar-refractivity contribution in [2.75, 3.05) is 48.3 Å². The highest BCUT2D eigenvalue weighted by molar-refractivity contribution is 7.17. The van der Waals surface area contributed by atoms with Crippen LogP contribution in [0.25, 0.3) is 0 Å². The van der Waals surface area contributed by atoms with E-state index >= 15 is 0 Å². The predicted molar refractivity (Wildman–Crippen MR) is 145 cm³/mol. The molecule has 0 atom stereocenters. The predicted octanol–water partition coefficient (Wildman–Crippen LogP) is 3.58. The largest absolute Gasteiger partial charge is 0.506 e. The molecule has 2 amide bonds. The molecule has 0 unspecified atom stereocenters. The van der Waals surface area contributed by atoms with Gasteiger partial charge in [-0.2, -0.15) is 0 Å². The fourth-order valence-corrected chi connectivity index (χ4v) is 6.42. The van der Waals surface area contributed by atoms with E-state index in [0.717, 1.165) is 63.1 Å². The molecule has 1 aromatic heterocycles. The van der Waals surface area contributed by atoms with Crippen LogP contribution in [-0.4, -0.2) is 49.6 Å². The number of fused-ring (bicyclic) bond motifs is 1. The summed E-state index contributed by atoms with van der Waals surface area (Å²) in [5.41, 5.74) is 3.17. The van der Waals surface area contributed by atoms with Gasteiger partial charge in [0, 0.05) is 15.6 Å². The molecule has 1 aliphatic carbocycles. The van der Waals surface area contributed by atoms with E-state index in [4.69, 9.17) is 11.6 Å². The molecule has 1 saturated heterocycles. The molecule has 9 heteroatoms. The average Bonchev–Trinajstić information content (AvgIpc) is 3.24. The summed E-state index contributed by atoms with van der Waals surface area (Å²) in [4.78, 5) is 30.9. The number of nitrogens with zero attached hydrogens (tertiary/aromatic N) is 1. The number of quaternary nitrogens is 1. The van der Waals surface area contributed by atoms with Gasteiger partial charge in [0.15, 0.2) is 6.54 Å². The summed E-state index contributed by atoms with van der Waals surface area (Å²) >= 11 is 7.51. The Morgan fingerprint density at radius 3 is 2.47 bits per heavy atom. The fourth-order valence-electron chi connectivity index (χ4n) is 4.99. The van der Waals surface area contributed by atoms with Gasteiger partial charge in [-0.15, -0.1) is 11.3 Å². The van der Waals surface area contributed by atoms with Crippen molar-refractivity contribution >= 4 is 51.1 Å². The Morgan fingerprint density at radius 1 is 1.00 bits per heavy atom. The summed E-state index contributed by atoms with van der Waals surface area (Å²) in [6, 6.07) is 14.4. The Morgan fingerprint density at radius 2 is 1.72 bits per heavy atom. The summed E-state index contributed by atoms with van der Waals surface area (Å²) in [6.45, 7) is 3.47. The number of hydrogen-bond acceptors (Lipinski definition) is 5. The molecule has 2 heterocycles. The van der Waals surface area contributed by atoms with E-state index in [1.807, 2.05) is 18.2 Å². The van der Waals surface area contributed by atoms with Gasteiger partial charge in [0.2, 0.25) is 0 Å². The number of aromatic hydroxyl groups is 1. The molecule has 0 radical (unpaired) electrons. The summed E-state index contributed by atoms with van der Waals surface area (Å²) in [5.74, 6) is 0.000521. The van der Waals surface area contributed by atoms with Crippen molar-refractivity contribution < 1.29 is 19.6 Å². The highest BCUT2D eigenvalue weighted by Crippen LogP contribution is 2.38. The maximum Gasteiger partial charge on any atom is 0.280 e. The second-order valence-electron chi connectivity index (χ2n) is 9.33. The first-order valence-corrected chi connectivity index (χ1v) is 13.5. The van der Waals surface area contributed by atoms with Crippen molar-refractivity contribution in [3.63, 3.8) is 0 Å². The van der Waals surface area contributed by atoms with Crippen molar-refractivity contribution in [2.45, 2.75) is 25.7 Å². The number of hydrogen-bond donors (Lipinski definition) is 4. The Kier molecular flexibility index (Phi) is 7.46. The SMILES string of the molecule is O=C(C[NH+]1CCN(c2ccccc2O)CC1)Nc1sc2c(c1C(=O)Nc1ccc(Cl)cc1)CCCC2. The maximum atomic E-state index is 13.3. The highest BCUT2D eigenvalue weighted by atomic mass is 35.5. The molecule has 1 fully saturated rings. The minimum atomic E-state index is -0.198. The summed E-state index contributed by atoms with van der Waals surface area (Å²) in [7, 11) is 0. The lowest BCUT2D eigenvalue weighted by molar-refractivity contribution is -0.892. The third kappa shape index (κ3) is 5.51. The van der Waals surface area contributed by atoms with Gasteiger partial charge in [-0.25, -0.2) is 0 Å². The van der Waals surface area contributed by atoms with E-state index in [2.05, 4.69) is 15.5 Å². The molecule has 0 spiro atoms. The van der Waals surface area contributed by atoms with Crippen LogP contribution in [0, 0.1) is 0 Å². The molecule has 4 N–H and O–H groups in total. The van der Waals surface area contributed by atoms with Gasteiger partial charge in [0.1, 0.15) is 10.8 Å². The van der Waals surface area contributed by atoms with Crippen molar-refractivity contribution in [3.8, 4) is 5.75 Å². The Hall–Kier alpha value is -3.07. The van der Waals surface area contributed by atoms with Gasteiger partial charge >= 0.3 is 0 Å². The average molecular weight is 526 g/mol. The third-order valence-corrected chi connectivity index (χ3v) is 8.32. The minimum absolute atomic E-state index is 0.0832. The van der Waals surface area contributed by atoms with Crippen molar-refractivity contribution in [2.24, 2.45) is 0 Å². The zero-order valence-corrected chi connectivity index (χ0v) is 21.6. The van der Waals surface area contributed by atoms with Gasteiger partial charge in [0.05, 0.1) is 37.4 Å². The monoisotopic (exact) mass is 525 g/mol. The van der Waals surface area contributed by atoms with Gasteiger partial charge in [-0.05, 0) is 67.6 Å². The number of piperazine rings is 1. The zero-order chi connectivity index (χ0) is 25.1. The van der Waals surface area contributed by atoms with E-state index in [-0.39, 0.29) is 17.6 Å². The fraction of sp³-hybridized carbons (Fsp3) is 0.333. The van der Waals surface area contributed by atoms with E-state index in [1.165, 1.54) is 21.1 Å². The molecule has 3 aromatic rings. The van der Waals surface area contributed by atoms with E-state index in [1.54, 1.807) is 30.3 Å². The molecular weight excluding hydrogens is 496 g/mol. The van der Waals surface area contributed by atoms with Crippen LogP contribution in [0.5, 0.6) is 5.75 Å². The lowest BCUT2D eigenvalue weighted by atomic mass is 9.95. The summed E-state index contributed by atoms with van der Waals surface area (Å²) in [5, 5.41) is 17.4. The first-order chi connectivity index (χ1) is 17.5. The van der Waals surface area contributed by atoms with Crippen LogP contribution in [0.1, 0.15) is 33.6 Å². The number of carbonyl (C=O) groups excluding carboxylic acids is 2. The second-order valence-corrected chi connectivity index (χ2v) is 10.9. The van der Waals surface area contributed by atoms with Gasteiger partial charge in [-0.1, -0.05) is 23.7 Å². The van der Waals surface area contributed by atoms with Gasteiger partial charge < -0.3 is 25.5 Å². The Balaban J connectivity index is 1.24. The van der Waals surface area contributed by atoms with E-state index < -0.39 is 0 Å². The molecule has 2 aromatic carbocycles. The molecule has 1 aliphatic heterocycles. The van der Waals surface area contributed by atoms with Crippen LogP contribution < -0.4 is 20.4 Å². The molecule has 2 aliphatic rings. The standard InChI is InChI=1S/C27H29ClN4O3S/c28-18-9-11-19(12-10-18)29-26(35)25-20-5-1-4-8-23(20)36-27(25)30-24(34)17-31-13-15-32(16-14-31)21-6-2-3-7-22(21)33/h2-3,6-7,9-12,33H,1,4-5,8,13-17H2,(H,29,35)(H,30,34)/p+1. The number of phenols is 1. The number of para-hydroxylation sites is 2. The van der Waals surface area contributed by atoms with Crippen LogP contribution in [0.2, 0.25) is 5.02 Å². The molecule has 36 heavy (non-hydrogen) atoms. The summed E-state index contributed by atoms with van der Waals surface area (Å²) < 4.78 is 0. The second kappa shape index (κ2) is 10.9. The van der Waals surface area contributed by atoms with E-state index in [9.17, 15) is 14.7 Å². The van der Waals surface area contributed by atoms with Crippen LogP contribution >= 0.6 is 22.9 Å². The number of thiophene rings is 1. The number of aryl methyl sites for hydroxylation is 1. The lowest BCUT2D eigenvalue weighted by Crippen LogP contribution is -3.15. The Labute approximate surface area is 219 Å². The van der Waals surface area contributed by atoms with Crippen LogP contribution in [0.3, 0.4) is 0 Å². The number of anilines is 3. The molecule has 7 nitrogen and oxygen atoms in total. The number of carbonyl (C=O) groups is 2. The number of amides is 2. The van der Waals surface area contributed by atoms with Crippen molar-refractivity contribution in [3.05, 3.63) is 69.6 Å². The quantitative estimate of drug-likeness (QED) is 0.396. The molecule has 5 rings (SSSR count). The van der Waals surface area contributed by atoms with Gasteiger partial charge in [-0.3, -0.25) is 9.59 Å². The molecule has 188 valence electrons. The maximum absolute atomic E-state index is 13.3. The van der Waals surface area contributed by atoms with E-state index in [0.29, 0.717) is 27.8 Å². The number of nitrogens with one attached hydrogen (secondary N) is 3. The highest BCUT2D eigenvalue weighted by Gasteiger charge is 2.28. The number of halogens is 1. The molecule has 0 saturated carbocycles. The van der Waals surface area contributed by atoms with Crippen molar-refractivity contribution in [1.82, 2.24) is 0 Å². The van der Waals surface area contributed by atoms with Crippen LogP contribution in [-0.2, 0) is 17.6 Å². The summed E-state index contributed by atoms with van der Waals surface area (Å²) in [6.07, 6.45) is 3.94. The normalized spacial score (nSPS) is 15.9. The minimum Gasteiger partial charge on any atom is -0.506 e.